The van der Waals surface area contributed by atoms with Crippen molar-refractivity contribution in [3.05, 3.63) is 42.1 Å². The Morgan fingerprint density at radius 1 is 1.33 bits per heavy atom. The van der Waals surface area contributed by atoms with Gasteiger partial charge in [-0.1, -0.05) is 35.5 Å². The molecule has 0 spiro atoms. The van der Waals surface area contributed by atoms with Crippen molar-refractivity contribution in [1.82, 2.24) is 15.4 Å². The highest BCUT2D eigenvalue weighted by atomic mass is 16.5. The summed E-state index contributed by atoms with van der Waals surface area (Å²) in [5, 5.41) is 7.45. The van der Waals surface area contributed by atoms with Crippen molar-refractivity contribution in [1.29, 1.82) is 0 Å². The molecule has 1 aromatic heterocycles. The van der Waals surface area contributed by atoms with E-state index in [2.05, 4.69) is 20.4 Å². The molecule has 144 valence electrons. The summed E-state index contributed by atoms with van der Waals surface area (Å²) in [5.41, 5.74) is 1.82. The second-order valence-electron chi connectivity index (χ2n) is 6.46. The van der Waals surface area contributed by atoms with Crippen molar-refractivity contribution >= 4 is 11.9 Å². The largest absolute Gasteiger partial charge is 0.466 e. The number of aliphatic imine (C=N–C) groups is 1. The van der Waals surface area contributed by atoms with E-state index in [1.807, 2.05) is 43.3 Å². The maximum absolute atomic E-state index is 11.9. The van der Waals surface area contributed by atoms with Crippen LogP contribution in [0.25, 0.3) is 11.3 Å². The molecule has 7 nitrogen and oxygen atoms in total. The van der Waals surface area contributed by atoms with Crippen LogP contribution >= 0.6 is 0 Å². The van der Waals surface area contributed by atoms with Crippen LogP contribution in [0.1, 0.15) is 25.5 Å². The average Bonchev–Trinajstić information content (AvgIpc) is 3.19. The third kappa shape index (κ3) is 4.87. The van der Waals surface area contributed by atoms with Crippen molar-refractivity contribution in [2.45, 2.75) is 26.3 Å². The molecular formula is C20H26N4O3. The normalized spacial score (nSPS) is 15.6. The Labute approximate surface area is 159 Å². The van der Waals surface area contributed by atoms with Gasteiger partial charge in [0.05, 0.1) is 19.1 Å². The number of guanidine groups is 1. The molecule has 0 bridgehead atoms. The first-order chi connectivity index (χ1) is 13.2. The summed E-state index contributed by atoms with van der Waals surface area (Å²) in [6.45, 7) is 4.35. The van der Waals surface area contributed by atoms with Gasteiger partial charge in [0.2, 0.25) is 0 Å². The third-order valence-corrected chi connectivity index (χ3v) is 4.67. The van der Waals surface area contributed by atoms with Crippen molar-refractivity contribution < 1.29 is 14.1 Å². The molecule has 1 aromatic carbocycles. The number of hydrogen-bond acceptors (Lipinski definition) is 5. The lowest BCUT2D eigenvalue weighted by molar-refractivity contribution is -0.149. The SMILES string of the molecule is CCOC(=O)C1CCN(C(=NC)NCc2cc(-c3ccccc3)on2)CC1. The third-order valence-electron chi connectivity index (χ3n) is 4.67. The summed E-state index contributed by atoms with van der Waals surface area (Å²) in [6, 6.07) is 11.8. The first-order valence-corrected chi connectivity index (χ1v) is 9.34. The minimum absolute atomic E-state index is 0.0109. The summed E-state index contributed by atoms with van der Waals surface area (Å²) in [6.07, 6.45) is 1.56. The van der Waals surface area contributed by atoms with Gasteiger partial charge in [0.1, 0.15) is 5.69 Å². The molecule has 0 amide bonds. The second-order valence-corrected chi connectivity index (χ2v) is 6.46. The van der Waals surface area contributed by atoms with E-state index in [-0.39, 0.29) is 11.9 Å². The summed E-state index contributed by atoms with van der Waals surface area (Å²) in [4.78, 5) is 18.4. The molecule has 27 heavy (non-hydrogen) atoms. The molecule has 1 aliphatic heterocycles. The molecule has 0 radical (unpaired) electrons. The quantitative estimate of drug-likeness (QED) is 0.495. The minimum Gasteiger partial charge on any atom is -0.466 e. The van der Waals surface area contributed by atoms with E-state index in [4.69, 9.17) is 9.26 Å². The number of esters is 1. The Morgan fingerprint density at radius 3 is 2.74 bits per heavy atom. The highest BCUT2D eigenvalue weighted by Gasteiger charge is 2.27. The Kier molecular flexibility index (Phi) is 6.46. The zero-order chi connectivity index (χ0) is 19.1. The van der Waals surface area contributed by atoms with E-state index in [1.54, 1.807) is 7.05 Å². The van der Waals surface area contributed by atoms with Crippen LogP contribution in [0.4, 0.5) is 0 Å². The fraction of sp³-hybridized carbons (Fsp3) is 0.450. The number of carbonyl (C=O) groups excluding carboxylic acids is 1. The molecule has 0 unspecified atom stereocenters. The average molecular weight is 370 g/mol. The zero-order valence-electron chi connectivity index (χ0n) is 15.9. The van der Waals surface area contributed by atoms with Crippen LogP contribution in [0, 0.1) is 5.92 Å². The van der Waals surface area contributed by atoms with E-state index in [0.717, 1.165) is 48.9 Å². The smallest absolute Gasteiger partial charge is 0.309 e. The Bertz CT molecular complexity index is 765. The van der Waals surface area contributed by atoms with Crippen LogP contribution < -0.4 is 5.32 Å². The van der Waals surface area contributed by atoms with Gasteiger partial charge in [0.25, 0.3) is 0 Å². The molecule has 7 heteroatoms. The molecule has 0 saturated carbocycles. The van der Waals surface area contributed by atoms with E-state index in [1.165, 1.54) is 0 Å². The Morgan fingerprint density at radius 2 is 2.07 bits per heavy atom. The van der Waals surface area contributed by atoms with Crippen LogP contribution in [0.2, 0.25) is 0 Å². The molecule has 2 heterocycles. The fourth-order valence-corrected chi connectivity index (χ4v) is 3.22. The van der Waals surface area contributed by atoms with E-state index >= 15 is 0 Å². The van der Waals surface area contributed by atoms with Gasteiger partial charge in [0.15, 0.2) is 11.7 Å². The molecule has 0 atom stereocenters. The van der Waals surface area contributed by atoms with Crippen LogP contribution in [0.5, 0.6) is 0 Å². The van der Waals surface area contributed by atoms with Crippen LogP contribution in [-0.2, 0) is 16.1 Å². The van der Waals surface area contributed by atoms with Crippen LogP contribution in [-0.4, -0.2) is 48.7 Å². The number of piperidine rings is 1. The number of hydrogen-bond donors (Lipinski definition) is 1. The Hall–Kier alpha value is -2.83. The lowest BCUT2D eigenvalue weighted by Crippen LogP contribution is -2.46. The predicted octanol–water partition coefficient (Wildman–Crippen LogP) is 2.69. The number of nitrogens with zero attached hydrogens (tertiary/aromatic N) is 3. The van der Waals surface area contributed by atoms with Gasteiger partial charge in [-0.05, 0) is 19.8 Å². The number of likely N-dealkylation sites (tertiary alicyclic amines) is 1. The standard InChI is InChI=1S/C20H26N4O3/c1-3-26-19(25)16-9-11-24(12-10-16)20(21-2)22-14-17-13-18(27-23-17)15-7-5-4-6-8-15/h4-8,13,16H,3,9-12,14H2,1-2H3,(H,21,22). The second kappa shape index (κ2) is 9.21. The summed E-state index contributed by atoms with van der Waals surface area (Å²) < 4.78 is 10.6. The molecule has 1 fully saturated rings. The van der Waals surface area contributed by atoms with Gasteiger partial charge in [-0.25, -0.2) is 0 Å². The number of ether oxygens (including phenoxy) is 1. The molecule has 1 aliphatic rings. The predicted molar refractivity (Wildman–Crippen MR) is 103 cm³/mol. The van der Waals surface area contributed by atoms with Gasteiger partial charge in [-0.3, -0.25) is 9.79 Å². The number of aromatic nitrogens is 1. The number of carbonyl (C=O) groups is 1. The number of rotatable bonds is 5. The van der Waals surface area contributed by atoms with Gasteiger partial charge in [-0.15, -0.1) is 0 Å². The van der Waals surface area contributed by atoms with Crippen molar-refractivity contribution in [3.63, 3.8) is 0 Å². The van der Waals surface area contributed by atoms with Crippen LogP contribution in [0.15, 0.2) is 45.9 Å². The fourth-order valence-electron chi connectivity index (χ4n) is 3.22. The van der Waals surface area contributed by atoms with E-state index in [0.29, 0.717) is 13.2 Å². The van der Waals surface area contributed by atoms with Crippen LogP contribution in [0.3, 0.4) is 0 Å². The minimum atomic E-state index is -0.0869. The van der Waals surface area contributed by atoms with Crippen molar-refractivity contribution in [2.75, 3.05) is 26.7 Å². The van der Waals surface area contributed by atoms with Crippen molar-refractivity contribution in [2.24, 2.45) is 10.9 Å². The maximum atomic E-state index is 11.9. The molecular weight excluding hydrogens is 344 g/mol. The van der Waals surface area contributed by atoms with Gasteiger partial charge in [-0.2, -0.15) is 0 Å². The first kappa shape index (κ1) is 18.9. The molecule has 3 rings (SSSR count). The van der Waals surface area contributed by atoms with Gasteiger partial charge in [0, 0.05) is 31.8 Å². The summed E-state index contributed by atoms with van der Waals surface area (Å²) >= 11 is 0. The lowest BCUT2D eigenvalue weighted by atomic mass is 9.97. The molecule has 2 aromatic rings. The highest BCUT2D eigenvalue weighted by molar-refractivity contribution is 5.80. The van der Waals surface area contributed by atoms with E-state index < -0.39 is 0 Å². The topological polar surface area (TPSA) is 80.0 Å². The molecule has 0 aliphatic carbocycles. The first-order valence-electron chi connectivity index (χ1n) is 9.34. The zero-order valence-corrected chi connectivity index (χ0v) is 15.9. The summed E-state index contributed by atoms with van der Waals surface area (Å²) in [7, 11) is 1.76. The number of nitrogens with one attached hydrogen (secondary N) is 1. The monoisotopic (exact) mass is 370 g/mol. The lowest BCUT2D eigenvalue weighted by Gasteiger charge is -2.33. The number of benzene rings is 1. The van der Waals surface area contributed by atoms with Gasteiger partial charge >= 0.3 is 5.97 Å². The molecule has 1 saturated heterocycles. The van der Waals surface area contributed by atoms with Gasteiger partial charge < -0.3 is 19.5 Å². The maximum Gasteiger partial charge on any atom is 0.309 e. The van der Waals surface area contributed by atoms with E-state index in [9.17, 15) is 4.79 Å². The summed E-state index contributed by atoms with van der Waals surface area (Å²) in [5.74, 6) is 1.46. The Balaban J connectivity index is 1.52. The molecule has 1 N–H and O–H groups in total. The highest BCUT2D eigenvalue weighted by Crippen LogP contribution is 2.20. The van der Waals surface area contributed by atoms with Crippen molar-refractivity contribution in [3.8, 4) is 11.3 Å².